The SMILES string of the molecule is Cc1cccc(Nc2c(N[C@H]3CCSC3)c(=O)c2=O)c1C(=O)O. The average molecular weight is 332 g/mol. The number of benzene rings is 1. The van der Waals surface area contributed by atoms with Crippen molar-refractivity contribution in [1.29, 1.82) is 0 Å². The number of carboxylic acids is 1. The van der Waals surface area contributed by atoms with Gasteiger partial charge in [0.05, 0.1) is 11.3 Å². The van der Waals surface area contributed by atoms with Crippen molar-refractivity contribution in [3.8, 4) is 0 Å². The Morgan fingerprint density at radius 2 is 2.00 bits per heavy atom. The van der Waals surface area contributed by atoms with E-state index in [0.29, 0.717) is 11.3 Å². The van der Waals surface area contributed by atoms with E-state index in [4.69, 9.17) is 0 Å². The summed E-state index contributed by atoms with van der Waals surface area (Å²) in [6, 6.07) is 5.14. The first-order valence-electron chi connectivity index (χ1n) is 7.26. The summed E-state index contributed by atoms with van der Waals surface area (Å²) in [4.78, 5) is 35.1. The highest BCUT2D eigenvalue weighted by molar-refractivity contribution is 7.99. The third-order valence-corrected chi connectivity index (χ3v) is 5.10. The summed E-state index contributed by atoms with van der Waals surface area (Å²) in [6.45, 7) is 1.69. The van der Waals surface area contributed by atoms with Crippen LogP contribution < -0.4 is 21.5 Å². The van der Waals surface area contributed by atoms with Gasteiger partial charge in [0.1, 0.15) is 11.4 Å². The zero-order chi connectivity index (χ0) is 16.6. The molecule has 1 aliphatic rings. The molecule has 1 atom stereocenters. The second kappa shape index (κ2) is 6.08. The molecular formula is C16H16N2O4S. The van der Waals surface area contributed by atoms with Crippen LogP contribution in [0.15, 0.2) is 27.8 Å². The van der Waals surface area contributed by atoms with Crippen LogP contribution in [0.25, 0.3) is 0 Å². The number of hydrogen-bond acceptors (Lipinski definition) is 6. The molecule has 0 bridgehead atoms. The largest absolute Gasteiger partial charge is 0.478 e. The first-order valence-corrected chi connectivity index (χ1v) is 8.42. The average Bonchev–Trinajstić information content (AvgIpc) is 3.03. The lowest BCUT2D eigenvalue weighted by Gasteiger charge is -2.19. The summed E-state index contributed by atoms with van der Waals surface area (Å²) in [5.74, 6) is 0.839. The van der Waals surface area contributed by atoms with Crippen molar-refractivity contribution in [2.75, 3.05) is 22.1 Å². The molecule has 6 nitrogen and oxygen atoms in total. The lowest BCUT2D eigenvalue weighted by Crippen LogP contribution is -2.39. The molecule has 0 amide bonds. The lowest BCUT2D eigenvalue weighted by molar-refractivity contribution is 0.0697. The van der Waals surface area contributed by atoms with Crippen LogP contribution in [0.4, 0.5) is 17.1 Å². The van der Waals surface area contributed by atoms with Gasteiger partial charge >= 0.3 is 5.97 Å². The molecule has 23 heavy (non-hydrogen) atoms. The molecule has 0 saturated carbocycles. The van der Waals surface area contributed by atoms with Crippen LogP contribution in [0.1, 0.15) is 22.3 Å². The number of aryl methyl sites for hydroxylation is 1. The fourth-order valence-corrected chi connectivity index (χ4v) is 3.84. The first kappa shape index (κ1) is 15.6. The molecule has 2 aromatic rings. The molecule has 0 radical (unpaired) electrons. The second-order valence-corrected chi connectivity index (χ2v) is 6.69. The lowest BCUT2D eigenvalue weighted by atomic mass is 10.1. The van der Waals surface area contributed by atoms with Crippen LogP contribution in [0.2, 0.25) is 0 Å². The van der Waals surface area contributed by atoms with Gasteiger partial charge in [0.15, 0.2) is 0 Å². The van der Waals surface area contributed by atoms with Gasteiger partial charge in [-0.2, -0.15) is 11.8 Å². The predicted molar refractivity (Wildman–Crippen MR) is 92.1 cm³/mol. The predicted octanol–water partition coefficient (Wildman–Crippen LogP) is 1.95. The number of thioether (sulfide) groups is 1. The minimum atomic E-state index is -1.08. The highest BCUT2D eigenvalue weighted by atomic mass is 32.2. The summed E-state index contributed by atoms with van der Waals surface area (Å²) >= 11 is 1.79. The monoisotopic (exact) mass is 332 g/mol. The van der Waals surface area contributed by atoms with Gasteiger partial charge in [0.25, 0.3) is 10.9 Å². The molecule has 3 rings (SSSR count). The molecule has 1 saturated heterocycles. The fraction of sp³-hybridized carbons (Fsp3) is 0.312. The zero-order valence-corrected chi connectivity index (χ0v) is 13.3. The topological polar surface area (TPSA) is 95.5 Å². The van der Waals surface area contributed by atoms with Crippen LogP contribution in [0.5, 0.6) is 0 Å². The van der Waals surface area contributed by atoms with Crippen LogP contribution in [0, 0.1) is 6.92 Å². The normalized spacial score (nSPS) is 17.3. The number of anilines is 3. The Hall–Kier alpha value is -2.28. The molecule has 1 aliphatic heterocycles. The molecule has 0 spiro atoms. The van der Waals surface area contributed by atoms with E-state index >= 15 is 0 Å². The highest BCUT2D eigenvalue weighted by Gasteiger charge is 2.26. The summed E-state index contributed by atoms with van der Waals surface area (Å²) in [7, 11) is 0. The Morgan fingerprint density at radius 1 is 1.26 bits per heavy atom. The molecule has 0 aliphatic carbocycles. The van der Waals surface area contributed by atoms with E-state index in [1.807, 2.05) is 0 Å². The van der Waals surface area contributed by atoms with E-state index in [2.05, 4.69) is 10.6 Å². The maximum absolute atomic E-state index is 11.9. The third kappa shape index (κ3) is 2.84. The minimum absolute atomic E-state index is 0.0999. The van der Waals surface area contributed by atoms with Crippen LogP contribution >= 0.6 is 11.8 Å². The van der Waals surface area contributed by atoms with Gasteiger partial charge in [0, 0.05) is 11.8 Å². The molecule has 2 aromatic carbocycles. The van der Waals surface area contributed by atoms with Gasteiger partial charge in [-0.15, -0.1) is 0 Å². The van der Waals surface area contributed by atoms with E-state index in [9.17, 15) is 19.5 Å². The summed E-state index contributed by atoms with van der Waals surface area (Å²) in [5, 5.41) is 15.3. The zero-order valence-electron chi connectivity index (χ0n) is 12.5. The first-order chi connectivity index (χ1) is 11.0. The number of rotatable bonds is 5. The van der Waals surface area contributed by atoms with E-state index in [-0.39, 0.29) is 23.0 Å². The Kier molecular flexibility index (Phi) is 4.12. The Balaban J connectivity index is 1.91. The number of hydrogen-bond donors (Lipinski definition) is 3. The van der Waals surface area contributed by atoms with Crippen molar-refractivity contribution in [3.05, 3.63) is 49.8 Å². The van der Waals surface area contributed by atoms with E-state index < -0.39 is 16.8 Å². The molecule has 0 aromatic heterocycles. The summed E-state index contributed by atoms with van der Waals surface area (Å²) in [5.41, 5.74) is 0.254. The summed E-state index contributed by atoms with van der Waals surface area (Å²) < 4.78 is 0. The number of carboxylic acid groups (broad SMARTS) is 1. The highest BCUT2D eigenvalue weighted by Crippen LogP contribution is 2.28. The van der Waals surface area contributed by atoms with Gasteiger partial charge in [-0.25, -0.2) is 4.79 Å². The van der Waals surface area contributed by atoms with E-state index in [1.54, 1.807) is 36.9 Å². The quantitative estimate of drug-likeness (QED) is 0.720. The van der Waals surface area contributed by atoms with Gasteiger partial charge in [-0.05, 0) is 30.7 Å². The van der Waals surface area contributed by atoms with E-state index in [1.165, 1.54) is 0 Å². The van der Waals surface area contributed by atoms with Crippen molar-refractivity contribution < 1.29 is 9.90 Å². The molecular weight excluding hydrogens is 316 g/mol. The molecule has 120 valence electrons. The molecule has 1 heterocycles. The molecule has 0 unspecified atom stereocenters. The minimum Gasteiger partial charge on any atom is -0.478 e. The van der Waals surface area contributed by atoms with E-state index in [0.717, 1.165) is 17.9 Å². The van der Waals surface area contributed by atoms with Crippen LogP contribution in [-0.2, 0) is 0 Å². The fourth-order valence-electron chi connectivity index (χ4n) is 2.69. The second-order valence-electron chi connectivity index (χ2n) is 5.54. The van der Waals surface area contributed by atoms with Crippen molar-refractivity contribution in [3.63, 3.8) is 0 Å². The van der Waals surface area contributed by atoms with Crippen molar-refractivity contribution in [2.45, 2.75) is 19.4 Å². The Labute approximate surface area is 136 Å². The van der Waals surface area contributed by atoms with Crippen molar-refractivity contribution in [1.82, 2.24) is 0 Å². The third-order valence-electron chi connectivity index (χ3n) is 3.93. The Bertz CT molecular complexity index is 833. The molecule has 3 N–H and O–H groups in total. The molecule has 7 heteroatoms. The number of carbonyl (C=O) groups is 1. The molecule has 1 fully saturated rings. The van der Waals surface area contributed by atoms with Gasteiger partial charge in [0.2, 0.25) is 0 Å². The number of nitrogens with one attached hydrogen (secondary N) is 2. The summed E-state index contributed by atoms with van der Waals surface area (Å²) in [6.07, 6.45) is 0.938. The number of aromatic carboxylic acids is 1. The van der Waals surface area contributed by atoms with Crippen molar-refractivity contribution >= 4 is 34.8 Å². The standard InChI is InChI=1S/C16H16N2O4S/c1-8-3-2-4-10(11(8)16(21)22)18-13-12(14(19)15(13)20)17-9-5-6-23-7-9/h2-4,9,17-18H,5-7H2,1H3,(H,21,22)/t9-/m0/s1. The van der Waals surface area contributed by atoms with Crippen LogP contribution in [0.3, 0.4) is 0 Å². The smallest absolute Gasteiger partial charge is 0.338 e. The Morgan fingerprint density at radius 3 is 2.65 bits per heavy atom. The maximum atomic E-state index is 11.9. The maximum Gasteiger partial charge on any atom is 0.338 e. The van der Waals surface area contributed by atoms with Crippen LogP contribution in [-0.4, -0.2) is 28.6 Å². The van der Waals surface area contributed by atoms with Gasteiger partial charge < -0.3 is 15.7 Å². The van der Waals surface area contributed by atoms with Gasteiger partial charge in [-0.1, -0.05) is 12.1 Å². The van der Waals surface area contributed by atoms with Crippen molar-refractivity contribution in [2.24, 2.45) is 0 Å². The van der Waals surface area contributed by atoms with Gasteiger partial charge in [-0.3, -0.25) is 9.59 Å².